The minimum absolute atomic E-state index is 0.148. The standard InChI is InChI=1S/C13H14ClNO2S/c14-12-8-1-2-9(7-8)13(12)18-11-5-3-10(4-6-11)15(16)17/h3-6,8-9,12-13H,1-2,7H2. The second-order valence-corrected chi connectivity index (χ2v) is 6.87. The number of nitrogens with zero attached hydrogens (tertiary/aromatic N) is 1. The fourth-order valence-corrected chi connectivity index (χ4v) is 5.12. The third-order valence-electron chi connectivity index (χ3n) is 4.06. The molecule has 0 radical (unpaired) electrons. The number of hydrogen-bond donors (Lipinski definition) is 0. The number of nitro benzene ring substituents is 1. The van der Waals surface area contributed by atoms with Crippen LogP contribution in [0.3, 0.4) is 0 Å². The number of fused-ring (bicyclic) bond motifs is 2. The van der Waals surface area contributed by atoms with Crippen molar-refractivity contribution in [2.24, 2.45) is 11.8 Å². The molecule has 2 aliphatic rings. The van der Waals surface area contributed by atoms with E-state index >= 15 is 0 Å². The van der Waals surface area contributed by atoms with Gasteiger partial charge in [0.25, 0.3) is 5.69 Å². The summed E-state index contributed by atoms with van der Waals surface area (Å²) in [6.07, 6.45) is 3.83. The Balaban J connectivity index is 1.71. The Labute approximate surface area is 115 Å². The van der Waals surface area contributed by atoms with Crippen molar-refractivity contribution in [3.63, 3.8) is 0 Å². The van der Waals surface area contributed by atoms with E-state index in [2.05, 4.69) is 0 Å². The number of thioether (sulfide) groups is 1. The van der Waals surface area contributed by atoms with Crippen LogP contribution in [0.25, 0.3) is 0 Å². The molecule has 0 amide bonds. The Kier molecular flexibility index (Phi) is 3.24. The molecule has 0 aliphatic heterocycles. The highest BCUT2D eigenvalue weighted by molar-refractivity contribution is 8.00. The molecule has 4 unspecified atom stereocenters. The van der Waals surface area contributed by atoms with Gasteiger partial charge in [-0.1, -0.05) is 0 Å². The van der Waals surface area contributed by atoms with Crippen LogP contribution in [-0.4, -0.2) is 15.6 Å². The van der Waals surface area contributed by atoms with E-state index in [9.17, 15) is 10.1 Å². The van der Waals surface area contributed by atoms with E-state index in [1.165, 1.54) is 19.3 Å². The van der Waals surface area contributed by atoms with Crippen LogP contribution in [0.2, 0.25) is 0 Å². The summed E-state index contributed by atoms with van der Waals surface area (Å²) in [4.78, 5) is 11.3. The van der Waals surface area contributed by atoms with Gasteiger partial charge in [0, 0.05) is 27.7 Å². The lowest BCUT2D eigenvalue weighted by Crippen LogP contribution is -2.24. The number of alkyl halides is 1. The zero-order chi connectivity index (χ0) is 12.7. The van der Waals surface area contributed by atoms with Gasteiger partial charge in [-0.2, -0.15) is 0 Å². The first kappa shape index (κ1) is 12.3. The highest BCUT2D eigenvalue weighted by Crippen LogP contribution is 2.53. The normalized spacial score (nSPS) is 33.8. The molecular weight excluding hydrogens is 270 g/mol. The third kappa shape index (κ3) is 2.12. The van der Waals surface area contributed by atoms with Gasteiger partial charge in [-0.25, -0.2) is 0 Å². The maximum Gasteiger partial charge on any atom is 0.269 e. The highest BCUT2D eigenvalue weighted by Gasteiger charge is 2.47. The summed E-state index contributed by atoms with van der Waals surface area (Å²) in [5.41, 5.74) is 0.148. The zero-order valence-corrected chi connectivity index (χ0v) is 11.4. The van der Waals surface area contributed by atoms with E-state index in [0.717, 1.165) is 10.8 Å². The molecule has 0 saturated heterocycles. The predicted molar refractivity (Wildman–Crippen MR) is 73.2 cm³/mol. The molecular formula is C13H14ClNO2S. The first-order valence-corrected chi connectivity index (χ1v) is 7.52. The lowest BCUT2D eigenvalue weighted by molar-refractivity contribution is -0.384. The molecule has 3 rings (SSSR count). The van der Waals surface area contributed by atoms with Gasteiger partial charge in [-0.3, -0.25) is 10.1 Å². The number of nitro groups is 1. The molecule has 96 valence electrons. The Hall–Kier alpha value is -0.740. The number of benzene rings is 1. The van der Waals surface area contributed by atoms with E-state index in [1.807, 2.05) is 12.1 Å². The van der Waals surface area contributed by atoms with Crippen molar-refractivity contribution in [2.75, 3.05) is 0 Å². The van der Waals surface area contributed by atoms with Gasteiger partial charge < -0.3 is 0 Å². The second kappa shape index (κ2) is 4.74. The van der Waals surface area contributed by atoms with Gasteiger partial charge in [0.05, 0.1) is 4.92 Å². The van der Waals surface area contributed by atoms with Crippen molar-refractivity contribution in [3.05, 3.63) is 34.4 Å². The molecule has 1 aromatic carbocycles. The molecule has 2 bridgehead atoms. The molecule has 4 atom stereocenters. The van der Waals surface area contributed by atoms with Gasteiger partial charge >= 0.3 is 0 Å². The van der Waals surface area contributed by atoms with Crippen LogP contribution >= 0.6 is 23.4 Å². The Morgan fingerprint density at radius 3 is 2.44 bits per heavy atom. The van der Waals surface area contributed by atoms with Crippen LogP contribution < -0.4 is 0 Å². The highest BCUT2D eigenvalue weighted by atomic mass is 35.5. The smallest absolute Gasteiger partial charge is 0.258 e. The lowest BCUT2D eigenvalue weighted by atomic mass is 10.00. The Bertz CT molecular complexity index is 463. The van der Waals surface area contributed by atoms with E-state index in [4.69, 9.17) is 11.6 Å². The van der Waals surface area contributed by atoms with Gasteiger partial charge in [0.1, 0.15) is 0 Å². The first-order chi connectivity index (χ1) is 8.65. The second-order valence-electron chi connectivity index (χ2n) is 5.11. The monoisotopic (exact) mass is 283 g/mol. The van der Waals surface area contributed by atoms with Crippen LogP contribution in [-0.2, 0) is 0 Å². The van der Waals surface area contributed by atoms with E-state index in [1.54, 1.807) is 23.9 Å². The predicted octanol–water partition coefficient (Wildman–Crippen LogP) is 4.09. The van der Waals surface area contributed by atoms with Crippen molar-refractivity contribution in [3.8, 4) is 0 Å². The molecule has 0 N–H and O–H groups in total. The molecule has 2 aliphatic carbocycles. The largest absolute Gasteiger partial charge is 0.269 e. The van der Waals surface area contributed by atoms with E-state index in [0.29, 0.717) is 11.2 Å². The molecule has 2 saturated carbocycles. The van der Waals surface area contributed by atoms with E-state index in [-0.39, 0.29) is 16.0 Å². The number of halogens is 1. The SMILES string of the molecule is O=[N+]([O-])c1ccc(SC2C3CCC(C3)C2Cl)cc1. The molecule has 0 aromatic heterocycles. The maximum atomic E-state index is 10.6. The van der Waals surface area contributed by atoms with Crippen molar-refractivity contribution in [1.82, 2.24) is 0 Å². The maximum absolute atomic E-state index is 10.6. The molecule has 0 heterocycles. The summed E-state index contributed by atoms with van der Waals surface area (Å²) in [7, 11) is 0. The van der Waals surface area contributed by atoms with Crippen LogP contribution in [0.15, 0.2) is 29.2 Å². The van der Waals surface area contributed by atoms with Gasteiger partial charge in [0.2, 0.25) is 0 Å². The van der Waals surface area contributed by atoms with Crippen molar-refractivity contribution in [2.45, 2.75) is 34.8 Å². The Morgan fingerprint density at radius 1 is 1.22 bits per heavy atom. The average Bonchev–Trinajstić information content (AvgIpc) is 2.94. The summed E-state index contributed by atoms with van der Waals surface area (Å²) in [5.74, 6) is 1.42. The topological polar surface area (TPSA) is 43.1 Å². The lowest BCUT2D eigenvalue weighted by Gasteiger charge is -2.25. The van der Waals surface area contributed by atoms with Crippen LogP contribution in [0.4, 0.5) is 5.69 Å². The molecule has 18 heavy (non-hydrogen) atoms. The van der Waals surface area contributed by atoms with Crippen LogP contribution in [0, 0.1) is 22.0 Å². The quantitative estimate of drug-likeness (QED) is 0.477. The summed E-state index contributed by atoms with van der Waals surface area (Å²) >= 11 is 8.27. The minimum atomic E-state index is -0.365. The number of non-ortho nitro benzene ring substituents is 1. The van der Waals surface area contributed by atoms with Crippen LogP contribution in [0.5, 0.6) is 0 Å². The summed E-state index contributed by atoms with van der Waals surface area (Å²) in [6.45, 7) is 0. The van der Waals surface area contributed by atoms with E-state index < -0.39 is 0 Å². The first-order valence-electron chi connectivity index (χ1n) is 6.20. The third-order valence-corrected chi connectivity index (χ3v) is 6.33. The summed E-state index contributed by atoms with van der Waals surface area (Å²) in [6, 6.07) is 6.80. The molecule has 2 fully saturated rings. The molecule has 0 spiro atoms. The Morgan fingerprint density at radius 2 is 1.89 bits per heavy atom. The summed E-state index contributed by atoms with van der Waals surface area (Å²) in [5, 5.41) is 11.3. The van der Waals surface area contributed by atoms with Crippen molar-refractivity contribution in [1.29, 1.82) is 0 Å². The molecule has 5 heteroatoms. The average molecular weight is 284 g/mol. The molecule has 3 nitrogen and oxygen atoms in total. The number of hydrogen-bond acceptors (Lipinski definition) is 3. The number of rotatable bonds is 3. The van der Waals surface area contributed by atoms with Gasteiger partial charge in [0.15, 0.2) is 0 Å². The summed E-state index contributed by atoms with van der Waals surface area (Å²) < 4.78 is 0. The van der Waals surface area contributed by atoms with Gasteiger partial charge in [-0.15, -0.1) is 23.4 Å². The van der Waals surface area contributed by atoms with Gasteiger partial charge in [-0.05, 0) is 43.2 Å². The fourth-order valence-electron chi connectivity index (χ4n) is 3.13. The minimum Gasteiger partial charge on any atom is -0.258 e. The van der Waals surface area contributed by atoms with Crippen molar-refractivity contribution < 1.29 is 4.92 Å². The van der Waals surface area contributed by atoms with Crippen LogP contribution in [0.1, 0.15) is 19.3 Å². The molecule has 1 aromatic rings. The zero-order valence-electron chi connectivity index (χ0n) is 9.79. The van der Waals surface area contributed by atoms with Crippen molar-refractivity contribution >= 4 is 29.1 Å². The fraction of sp³-hybridized carbons (Fsp3) is 0.538.